The molecule has 1 amide bonds. The molecule has 5 N–H and O–H groups in total. The lowest BCUT2D eigenvalue weighted by atomic mass is 10.00. The van der Waals surface area contributed by atoms with Crippen LogP contribution in [0.5, 0.6) is 11.5 Å². The number of amides is 1. The Morgan fingerprint density at radius 3 is 2.51 bits per heavy atom. The van der Waals surface area contributed by atoms with E-state index < -0.39 is 22.9 Å². The molecule has 3 aromatic rings. The van der Waals surface area contributed by atoms with E-state index >= 15 is 0 Å². The molecule has 0 spiro atoms. The molecule has 0 saturated carbocycles. The zero-order chi connectivity index (χ0) is 29.2. The van der Waals surface area contributed by atoms with Crippen molar-refractivity contribution in [2.24, 2.45) is 0 Å². The number of hydrogen-bond acceptors (Lipinski definition) is 8. The Hall–Kier alpha value is -3.28. The molecule has 222 valence electrons. The van der Waals surface area contributed by atoms with Gasteiger partial charge < -0.3 is 25.2 Å². The lowest BCUT2D eigenvalue weighted by Gasteiger charge is -2.47. The molecular weight excluding hydrogens is 542 g/mol. The standard InChI is InChI=1S/C31H41N3O6S/c1-3-40-28-19-25(18-26(20-28)34-14-7-8-15-41(34,37)38)31(36)33-29(17-23-10-5-4-6-11-23)30(35)22-32-21-24-12-9-13-27(16-24)39-2/h4-6,9-13,16,18-20,29-30,32,35,37-38H,3,7-8,14-15,17,21-22H2,1-2H3,(H,33,36)/t29-,30-/m0/s1. The van der Waals surface area contributed by atoms with E-state index in [1.54, 1.807) is 29.6 Å². The molecule has 9 nitrogen and oxygen atoms in total. The predicted octanol–water partition coefficient (Wildman–Crippen LogP) is 4.85. The van der Waals surface area contributed by atoms with Crippen molar-refractivity contribution in [1.29, 1.82) is 0 Å². The van der Waals surface area contributed by atoms with Crippen LogP contribution in [-0.2, 0) is 13.0 Å². The van der Waals surface area contributed by atoms with Crippen LogP contribution in [0.15, 0.2) is 72.8 Å². The van der Waals surface area contributed by atoms with Crippen LogP contribution in [0.1, 0.15) is 41.3 Å². The fourth-order valence-corrected chi connectivity index (χ4v) is 6.58. The van der Waals surface area contributed by atoms with E-state index in [0.29, 0.717) is 48.9 Å². The van der Waals surface area contributed by atoms with Gasteiger partial charge in [-0.3, -0.25) is 18.2 Å². The van der Waals surface area contributed by atoms with Crippen molar-refractivity contribution in [2.45, 2.75) is 44.9 Å². The monoisotopic (exact) mass is 583 g/mol. The van der Waals surface area contributed by atoms with Gasteiger partial charge >= 0.3 is 0 Å². The topological polar surface area (TPSA) is 124 Å². The minimum absolute atomic E-state index is 0.258. The molecule has 2 atom stereocenters. The Morgan fingerprint density at radius 1 is 1.00 bits per heavy atom. The number of aliphatic hydroxyl groups is 1. The van der Waals surface area contributed by atoms with Gasteiger partial charge in [-0.05, 0) is 61.6 Å². The molecule has 0 aliphatic carbocycles. The summed E-state index contributed by atoms with van der Waals surface area (Å²) in [6, 6.07) is 21.9. The molecule has 0 radical (unpaired) electrons. The van der Waals surface area contributed by atoms with Crippen molar-refractivity contribution in [2.75, 3.05) is 36.9 Å². The Morgan fingerprint density at radius 2 is 1.78 bits per heavy atom. The van der Waals surface area contributed by atoms with Gasteiger partial charge in [0.05, 0.1) is 37.3 Å². The van der Waals surface area contributed by atoms with Gasteiger partial charge in [-0.15, -0.1) is 10.8 Å². The van der Waals surface area contributed by atoms with Gasteiger partial charge in [0.15, 0.2) is 0 Å². The molecule has 4 rings (SSSR count). The normalized spacial score (nSPS) is 16.9. The SMILES string of the molecule is CCOc1cc(C(=O)N[C@@H](Cc2ccccc2)[C@@H](O)CNCc2cccc(OC)c2)cc(N2CCCCS2(O)O)c1. The molecule has 0 bridgehead atoms. The highest BCUT2D eigenvalue weighted by Crippen LogP contribution is 2.50. The quantitative estimate of drug-likeness (QED) is 0.194. The average molecular weight is 584 g/mol. The number of rotatable bonds is 13. The molecule has 0 aromatic heterocycles. The van der Waals surface area contributed by atoms with E-state index in [2.05, 4.69) is 10.6 Å². The highest BCUT2D eigenvalue weighted by atomic mass is 32.3. The Labute approximate surface area is 244 Å². The summed E-state index contributed by atoms with van der Waals surface area (Å²) < 4.78 is 34.0. The van der Waals surface area contributed by atoms with Crippen LogP contribution in [0.3, 0.4) is 0 Å². The van der Waals surface area contributed by atoms with E-state index in [9.17, 15) is 19.0 Å². The molecule has 1 aliphatic heterocycles. The summed E-state index contributed by atoms with van der Waals surface area (Å²) in [5.41, 5.74) is 2.85. The first-order chi connectivity index (χ1) is 19.8. The first kappa shape index (κ1) is 30.7. The molecule has 0 unspecified atom stereocenters. The number of methoxy groups -OCH3 is 1. The number of carbonyl (C=O) groups is 1. The van der Waals surface area contributed by atoms with Gasteiger partial charge in [0.25, 0.3) is 5.91 Å². The molecule has 1 aliphatic rings. The molecule has 1 heterocycles. The molecule has 1 fully saturated rings. The molecule has 3 aromatic carbocycles. The van der Waals surface area contributed by atoms with Gasteiger partial charge in [0.1, 0.15) is 11.5 Å². The van der Waals surface area contributed by atoms with Crippen molar-refractivity contribution in [3.8, 4) is 11.5 Å². The highest BCUT2D eigenvalue weighted by molar-refractivity contribution is 8.25. The average Bonchev–Trinajstić information content (AvgIpc) is 2.97. The summed E-state index contributed by atoms with van der Waals surface area (Å²) in [6.45, 7) is 3.52. The number of benzene rings is 3. The first-order valence-electron chi connectivity index (χ1n) is 14.0. The summed E-state index contributed by atoms with van der Waals surface area (Å²) in [5.74, 6) is 1.14. The van der Waals surface area contributed by atoms with Crippen LogP contribution in [0.25, 0.3) is 0 Å². The molecular formula is C31H41N3O6S. The van der Waals surface area contributed by atoms with Crippen molar-refractivity contribution in [3.63, 3.8) is 0 Å². The van der Waals surface area contributed by atoms with Crippen LogP contribution >= 0.6 is 10.8 Å². The third-order valence-electron chi connectivity index (χ3n) is 7.03. The molecule has 41 heavy (non-hydrogen) atoms. The van der Waals surface area contributed by atoms with Crippen molar-refractivity contribution in [1.82, 2.24) is 10.6 Å². The second-order valence-electron chi connectivity index (χ2n) is 10.1. The maximum atomic E-state index is 13.6. The number of aliphatic hydroxyl groups excluding tert-OH is 1. The van der Waals surface area contributed by atoms with Gasteiger partial charge in [0, 0.05) is 31.3 Å². The van der Waals surface area contributed by atoms with E-state index in [-0.39, 0.29) is 12.5 Å². The Kier molecular flexibility index (Phi) is 10.9. The number of anilines is 1. The van der Waals surface area contributed by atoms with Gasteiger partial charge in [-0.2, -0.15) is 0 Å². The summed E-state index contributed by atoms with van der Waals surface area (Å²) in [4.78, 5) is 13.6. The maximum Gasteiger partial charge on any atom is 0.251 e. The number of hydrogen-bond donors (Lipinski definition) is 5. The van der Waals surface area contributed by atoms with Crippen molar-refractivity contribution < 1.29 is 28.5 Å². The number of nitrogens with one attached hydrogen (secondary N) is 2. The van der Waals surface area contributed by atoms with E-state index in [4.69, 9.17) is 9.47 Å². The Bertz CT molecular complexity index is 1280. The third-order valence-corrected chi connectivity index (χ3v) is 8.97. The summed E-state index contributed by atoms with van der Waals surface area (Å²) in [5, 5.41) is 17.5. The van der Waals surface area contributed by atoms with Crippen LogP contribution < -0.4 is 24.4 Å². The number of carbonyl (C=O) groups excluding carboxylic acids is 1. The fraction of sp³-hybridized carbons (Fsp3) is 0.387. The predicted molar refractivity (Wildman–Crippen MR) is 164 cm³/mol. The largest absolute Gasteiger partial charge is 0.497 e. The van der Waals surface area contributed by atoms with Crippen LogP contribution in [0.4, 0.5) is 5.69 Å². The molecule has 10 heteroatoms. The zero-order valence-electron chi connectivity index (χ0n) is 23.7. The second kappa shape index (κ2) is 14.6. The third kappa shape index (κ3) is 8.61. The van der Waals surface area contributed by atoms with E-state index in [1.165, 1.54) is 0 Å². The number of ether oxygens (including phenoxy) is 2. The minimum atomic E-state index is -2.98. The van der Waals surface area contributed by atoms with Gasteiger partial charge in [0.2, 0.25) is 0 Å². The second-order valence-corrected chi connectivity index (χ2v) is 12.2. The smallest absolute Gasteiger partial charge is 0.251 e. The Balaban J connectivity index is 1.52. The highest BCUT2D eigenvalue weighted by Gasteiger charge is 2.29. The summed E-state index contributed by atoms with van der Waals surface area (Å²) in [6.07, 6.45) is 1.11. The first-order valence-corrected chi connectivity index (χ1v) is 15.6. The van der Waals surface area contributed by atoms with E-state index in [0.717, 1.165) is 29.7 Å². The summed E-state index contributed by atoms with van der Waals surface area (Å²) >= 11 is 0. The lowest BCUT2D eigenvalue weighted by molar-refractivity contribution is 0.0829. The zero-order valence-corrected chi connectivity index (χ0v) is 24.5. The van der Waals surface area contributed by atoms with Gasteiger partial charge in [-0.25, -0.2) is 0 Å². The van der Waals surface area contributed by atoms with Crippen molar-refractivity contribution in [3.05, 3.63) is 89.5 Å². The van der Waals surface area contributed by atoms with Crippen LogP contribution in [-0.4, -0.2) is 64.8 Å². The summed E-state index contributed by atoms with van der Waals surface area (Å²) in [7, 11) is -1.35. The van der Waals surface area contributed by atoms with Gasteiger partial charge in [-0.1, -0.05) is 42.5 Å². The number of nitrogens with zero attached hydrogens (tertiary/aromatic N) is 1. The maximum absolute atomic E-state index is 13.6. The lowest BCUT2D eigenvalue weighted by Crippen LogP contribution is -2.48. The van der Waals surface area contributed by atoms with Crippen LogP contribution in [0, 0.1) is 0 Å². The van der Waals surface area contributed by atoms with Crippen molar-refractivity contribution >= 4 is 22.4 Å². The fourth-order valence-electron chi connectivity index (χ4n) is 4.91. The van der Waals surface area contributed by atoms with Crippen LogP contribution in [0.2, 0.25) is 0 Å². The minimum Gasteiger partial charge on any atom is -0.497 e. The van der Waals surface area contributed by atoms with E-state index in [1.807, 2.05) is 61.5 Å². The molecule has 1 saturated heterocycles.